The first-order valence-corrected chi connectivity index (χ1v) is 17.7. The van der Waals surface area contributed by atoms with Crippen molar-refractivity contribution in [2.24, 2.45) is 0 Å². The minimum Gasteiger partial charge on any atom is -0.457 e. The average Bonchev–Trinajstić information content (AvgIpc) is 3.01. The number of nitrogens with zero attached hydrogens (tertiary/aromatic N) is 1. The zero-order valence-corrected chi connectivity index (χ0v) is 30.4. The van der Waals surface area contributed by atoms with E-state index in [4.69, 9.17) is 4.74 Å². The van der Waals surface area contributed by atoms with Crippen LogP contribution in [0.4, 0.5) is 11.4 Å². The van der Waals surface area contributed by atoms with E-state index in [1.807, 2.05) is 0 Å². The molecule has 0 unspecified atom stereocenters. The largest absolute Gasteiger partial charge is 0.457 e. The minimum absolute atomic E-state index is 0.00112. The molecule has 0 spiro atoms. The van der Waals surface area contributed by atoms with Crippen LogP contribution in [0.15, 0.2) is 78.9 Å². The minimum atomic E-state index is -0.192. The van der Waals surface area contributed by atoms with E-state index in [1.165, 1.54) is 83.5 Å². The van der Waals surface area contributed by atoms with Crippen LogP contribution in [0, 0.1) is 6.92 Å². The Kier molecular flexibility index (Phi) is 5.63. The summed E-state index contributed by atoms with van der Waals surface area (Å²) < 4.78 is 6.80. The van der Waals surface area contributed by atoms with Crippen LogP contribution in [0.1, 0.15) is 108 Å². The Bertz CT molecular complexity index is 2260. The van der Waals surface area contributed by atoms with Gasteiger partial charge >= 0.3 is 6.85 Å². The van der Waals surface area contributed by atoms with Gasteiger partial charge in [-0.05, 0) is 92.4 Å². The quantitative estimate of drug-likeness (QED) is 0.158. The van der Waals surface area contributed by atoms with Crippen LogP contribution in [0.5, 0.6) is 11.5 Å². The lowest BCUT2D eigenvalue weighted by Gasteiger charge is -2.52. The van der Waals surface area contributed by atoms with E-state index >= 15 is 0 Å². The van der Waals surface area contributed by atoms with Gasteiger partial charge in [0.05, 0.1) is 0 Å². The van der Waals surface area contributed by atoms with Gasteiger partial charge in [-0.3, -0.25) is 0 Å². The van der Waals surface area contributed by atoms with Crippen LogP contribution in [-0.4, -0.2) is 6.85 Å². The summed E-state index contributed by atoms with van der Waals surface area (Å²) in [5.74, 6) is 1.94. The fraction of sp³-hybridized carbons (Fsp3) is 0.333. The molecule has 5 aromatic rings. The lowest BCUT2D eigenvalue weighted by molar-refractivity contribution is 0.418. The third-order valence-corrected chi connectivity index (χ3v) is 12.0. The predicted octanol–water partition coefficient (Wildman–Crippen LogP) is 10.6. The van der Waals surface area contributed by atoms with Crippen molar-refractivity contribution < 1.29 is 4.74 Å². The highest BCUT2D eigenvalue weighted by Crippen LogP contribution is 2.60. The Morgan fingerprint density at radius 1 is 0.542 bits per heavy atom. The molecule has 5 aromatic carbocycles. The van der Waals surface area contributed by atoms with E-state index in [0.29, 0.717) is 0 Å². The Morgan fingerprint density at radius 2 is 1.10 bits per heavy atom. The molecule has 0 radical (unpaired) electrons. The summed E-state index contributed by atoms with van der Waals surface area (Å²) in [6.07, 6.45) is 0. The SMILES string of the molecule is Cc1ccc2c(c1)-c1cc(C(C)(C)C)cc3c1N1B2c2cc4c(cc2-c2cc(C(C)(C)C)cc(c21)C3(C)C)C(C)(C)c1ccccc1O4. The summed E-state index contributed by atoms with van der Waals surface area (Å²) in [6.45, 7) is 26.0. The number of fused-ring (bicyclic) bond motifs is 8. The molecule has 0 atom stereocenters. The van der Waals surface area contributed by atoms with Gasteiger partial charge in [0.1, 0.15) is 11.5 Å². The van der Waals surface area contributed by atoms with Crippen LogP contribution in [0.2, 0.25) is 0 Å². The molecule has 0 saturated heterocycles. The molecule has 0 bridgehead atoms. The van der Waals surface area contributed by atoms with Crippen LogP contribution in [-0.2, 0) is 21.7 Å². The van der Waals surface area contributed by atoms with E-state index in [0.717, 1.165) is 11.5 Å². The molecule has 4 aliphatic rings. The number of benzene rings is 5. The van der Waals surface area contributed by atoms with E-state index in [-0.39, 0.29) is 28.5 Å². The van der Waals surface area contributed by atoms with Crippen LogP contribution < -0.4 is 20.5 Å². The fourth-order valence-corrected chi connectivity index (χ4v) is 9.08. The summed E-state index contributed by atoms with van der Waals surface area (Å²) in [4.78, 5) is 2.73. The molecule has 0 saturated carbocycles. The van der Waals surface area contributed by atoms with Gasteiger partial charge in [-0.25, -0.2) is 0 Å². The van der Waals surface area contributed by atoms with Crippen molar-refractivity contribution in [2.75, 3.05) is 4.81 Å². The number of ether oxygens (including phenoxy) is 1. The van der Waals surface area contributed by atoms with Crippen molar-refractivity contribution >= 4 is 29.1 Å². The van der Waals surface area contributed by atoms with Gasteiger partial charge in [0.15, 0.2) is 0 Å². The molecule has 3 heteroatoms. The van der Waals surface area contributed by atoms with Crippen LogP contribution in [0.3, 0.4) is 0 Å². The Hall–Kier alpha value is -4.24. The molecule has 4 heterocycles. The molecule has 4 aliphatic heterocycles. The van der Waals surface area contributed by atoms with Crippen LogP contribution >= 0.6 is 0 Å². The Morgan fingerprint density at radius 3 is 1.71 bits per heavy atom. The van der Waals surface area contributed by atoms with Gasteiger partial charge in [-0.2, -0.15) is 0 Å². The maximum absolute atomic E-state index is 6.80. The van der Waals surface area contributed by atoms with Gasteiger partial charge in [-0.1, -0.05) is 123 Å². The number of hydrogen-bond donors (Lipinski definition) is 0. The first-order chi connectivity index (χ1) is 22.5. The van der Waals surface area contributed by atoms with Gasteiger partial charge < -0.3 is 9.55 Å². The van der Waals surface area contributed by atoms with Crippen molar-refractivity contribution in [2.45, 2.75) is 97.8 Å². The third-order valence-electron chi connectivity index (χ3n) is 12.0. The second kappa shape index (κ2) is 9.05. The lowest BCUT2D eigenvalue weighted by Crippen LogP contribution is -2.61. The first kappa shape index (κ1) is 29.9. The summed E-state index contributed by atoms with van der Waals surface area (Å²) in [5, 5.41) is 0. The van der Waals surface area contributed by atoms with Crippen molar-refractivity contribution in [1.29, 1.82) is 0 Å². The van der Waals surface area contributed by atoms with Crippen molar-refractivity contribution in [1.82, 2.24) is 0 Å². The fourth-order valence-electron chi connectivity index (χ4n) is 9.08. The summed E-state index contributed by atoms with van der Waals surface area (Å²) in [5.41, 5.74) is 20.0. The normalized spacial score (nSPS) is 17.1. The third kappa shape index (κ3) is 3.77. The smallest absolute Gasteiger partial charge is 0.329 e. The number of hydrogen-bond acceptors (Lipinski definition) is 2. The van der Waals surface area contributed by atoms with E-state index in [1.54, 1.807) is 0 Å². The monoisotopic (exact) mass is 627 g/mol. The zero-order valence-electron chi connectivity index (χ0n) is 30.4. The highest BCUT2D eigenvalue weighted by Gasteiger charge is 2.51. The molecule has 2 nitrogen and oxygen atoms in total. The number of anilines is 2. The van der Waals surface area contributed by atoms with Gasteiger partial charge in [-0.15, -0.1) is 0 Å². The van der Waals surface area contributed by atoms with Gasteiger partial charge in [0, 0.05) is 44.5 Å². The maximum atomic E-state index is 6.80. The van der Waals surface area contributed by atoms with Crippen molar-refractivity contribution in [3.05, 3.63) is 118 Å². The highest BCUT2D eigenvalue weighted by atomic mass is 16.5. The molecule has 9 rings (SSSR count). The first-order valence-electron chi connectivity index (χ1n) is 17.7. The number of para-hydroxylation sites is 1. The zero-order chi connectivity index (χ0) is 33.9. The van der Waals surface area contributed by atoms with Crippen LogP contribution in [0.25, 0.3) is 22.3 Å². The summed E-state index contributed by atoms with van der Waals surface area (Å²) in [7, 11) is 0. The predicted molar refractivity (Wildman–Crippen MR) is 204 cm³/mol. The standard InChI is InChI=1S/C45H46BNO/c1-25-16-17-36-28(18-25)30-19-26(42(2,3)4)21-34-40(30)47-41-31(20-27(43(5,6)7)22-35(41)45(34,10)11)29-23-33-39(24-37(29)46(36)47)48-38-15-13-12-14-32(38)44(33,8)9/h12-24H,1-11H3. The second-order valence-corrected chi connectivity index (χ2v) is 18.0. The van der Waals surface area contributed by atoms with E-state index in [2.05, 4.69) is 160 Å². The molecule has 240 valence electrons. The van der Waals surface area contributed by atoms with Gasteiger partial charge in [0.2, 0.25) is 0 Å². The Balaban J connectivity index is 1.45. The molecule has 0 aromatic heterocycles. The molecule has 0 fully saturated rings. The lowest BCUT2D eigenvalue weighted by atomic mass is 9.41. The van der Waals surface area contributed by atoms with Crippen molar-refractivity contribution in [3.63, 3.8) is 0 Å². The topological polar surface area (TPSA) is 12.5 Å². The molecule has 0 N–H and O–H groups in total. The number of aryl methyl sites for hydroxylation is 1. The van der Waals surface area contributed by atoms with E-state index in [9.17, 15) is 0 Å². The van der Waals surface area contributed by atoms with E-state index < -0.39 is 0 Å². The molecule has 0 aliphatic carbocycles. The average molecular weight is 628 g/mol. The molecule has 0 amide bonds. The maximum Gasteiger partial charge on any atom is 0.329 e. The summed E-state index contributed by atoms with van der Waals surface area (Å²) in [6, 6.07) is 30.7. The molecular formula is C45H46BNO. The highest BCUT2D eigenvalue weighted by molar-refractivity contribution is 6.92. The van der Waals surface area contributed by atoms with Crippen molar-refractivity contribution in [3.8, 4) is 33.8 Å². The second-order valence-electron chi connectivity index (χ2n) is 18.0. The molecule has 48 heavy (non-hydrogen) atoms. The molecular weight excluding hydrogens is 581 g/mol. The van der Waals surface area contributed by atoms with Gasteiger partial charge in [0.25, 0.3) is 0 Å². The summed E-state index contributed by atoms with van der Waals surface area (Å²) >= 11 is 0. The Labute approximate surface area is 287 Å². The number of rotatable bonds is 0.